The average molecular weight is 403 g/mol. The van der Waals surface area contributed by atoms with Crippen molar-refractivity contribution >= 4 is 21.6 Å². The van der Waals surface area contributed by atoms with Gasteiger partial charge in [-0.15, -0.1) is 0 Å². The van der Waals surface area contributed by atoms with Gasteiger partial charge in [0, 0.05) is 6.04 Å². The van der Waals surface area contributed by atoms with Gasteiger partial charge in [0.15, 0.2) is 0 Å². The molecule has 0 fully saturated rings. The number of anilines is 1. The molecule has 0 aromatic heterocycles. The largest absolute Gasteiger partial charge is 0.352 e. The number of amides is 1. The Bertz CT molecular complexity index is 862. The summed E-state index contributed by atoms with van der Waals surface area (Å²) in [7, 11) is -3.86. The summed E-state index contributed by atoms with van der Waals surface area (Å²) in [4.78, 5) is 12.7. The average Bonchev–Trinajstić information content (AvgIpc) is 2.67. The zero-order valence-electron chi connectivity index (χ0n) is 17.1. The summed E-state index contributed by atoms with van der Waals surface area (Å²) < 4.78 is 27.7. The Morgan fingerprint density at radius 1 is 1.00 bits per heavy atom. The molecule has 0 unspecified atom stereocenters. The number of carbonyl (C=O) groups is 1. The lowest BCUT2D eigenvalue weighted by atomic mass is 10.0. The van der Waals surface area contributed by atoms with E-state index in [9.17, 15) is 13.2 Å². The highest BCUT2D eigenvalue weighted by atomic mass is 32.2. The summed E-state index contributed by atoms with van der Waals surface area (Å²) in [5, 5.41) is 2.89. The lowest BCUT2D eigenvalue weighted by Gasteiger charge is -2.25. The summed E-state index contributed by atoms with van der Waals surface area (Å²) in [5.74, 6) is 0.0276. The first-order chi connectivity index (χ1) is 13.3. The molecule has 1 atom stereocenters. The van der Waals surface area contributed by atoms with Crippen LogP contribution >= 0.6 is 0 Å². The van der Waals surface area contributed by atoms with Crippen molar-refractivity contribution in [2.75, 3.05) is 10.8 Å². The molecule has 0 aliphatic rings. The summed E-state index contributed by atoms with van der Waals surface area (Å²) in [6.07, 6.45) is 1.80. The van der Waals surface area contributed by atoms with E-state index < -0.39 is 10.0 Å². The van der Waals surface area contributed by atoms with Gasteiger partial charge in [-0.2, -0.15) is 0 Å². The van der Waals surface area contributed by atoms with E-state index >= 15 is 0 Å². The molecule has 0 aliphatic carbocycles. The van der Waals surface area contributed by atoms with Gasteiger partial charge in [0.25, 0.3) is 10.0 Å². The summed E-state index contributed by atoms with van der Waals surface area (Å²) in [6, 6.07) is 15.5. The van der Waals surface area contributed by atoms with Gasteiger partial charge in [-0.3, -0.25) is 9.10 Å². The molecule has 0 saturated heterocycles. The fraction of sp³-hybridized carbons (Fsp3) is 0.409. The van der Waals surface area contributed by atoms with Crippen molar-refractivity contribution in [2.24, 2.45) is 0 Å². The number of rotatable bonds is 9. The molecule has 0 bridgehead atoms. The molecule has 2 aromatic rings. The second kappa shape index (κ2) is 9.73. The molecule has 152 valence electrons. The quantitative estimate of drug-likeness (QED) is 0.680. The van der Waals surface area contributed by atoms with Crippen molar-refractivity contribution in [3.05, 3.63) is 60.2 Å². The topological polar surface area (TPSA) is 66.5 Å². The van der Waals surface area contributed by atoms with E-state index in [2.05, 4.69) is 19.2 Å². The molecule has 0 aliphatic heterocycles. The maximum atomic E-state index is 13.2. The smallest absolute Gasteiger partial charge is 0.264 e. The van der Waals surface area contributed by atoms with Gasteiger partial charge in [-0.25, -0.2) is 8.42 Å². The van der Waals surface area contributed by atoms with Gasteiger partial charge in [0.05, 0.1) is 10.6 Å². The number of nitrogens with one attached hydrogen (secondary N) is 1. The van der Waals surface area contributed by atoms with Crippen LogP contribution in [0.25, 0.3) is 0 Å². The van der Waals surface area contributed by atoms with Crippen LogP contribution in [0.1, 0.15) is 52.0 Å². The van der Waals surface area contributed by atoms with Gasteiger partial charge in [0.2, 0.25) is 5.91 Å². The molecule has 2 rings (SSSR count). The Morgan fingerprint density at radius 2 is 1.61 bits per heavy atom. The fourth-order valence-electron chi connectivity index (χ4n) is 3.02. The molecule has 0 saturated carbocycles. The number of hydrogen-bond acceptors (Lipinski definition) is 3. The van der Waals surface area contributed by atoms with E-state index in [0.29, 0.717) is 11.6 Å². The number of sulfonamides is 1. The van der Waals surface area contributed by atoms with Crippen molar-refractivity contribution < 1.29 is 13.2 Å². The van der Waals surface area contributed by atoms with Gasteiger partial charge in [0.1, 0.15) is 6.54 Å². The molecule has 5 nitrogen and oxygen atoms in total. The molecule has 28 heavy (non-hydrogen) atoms. The summed E-state index contributed by atoms with van der Waals surface area (Å²) in [5.41, 5.74) is 1.59. The third kappa shape index (κ3) is 5.58. The Balaban J connectivity index is 2.36. The number of hydrogen-bond donors (Lipinski definition) is 1. The number of carbonyl (C=O) groups excluding carboxylic acids is 1. The highest BCUT2D eigenvalue weighted by Crippen LogP contribution is 2.25. The molecule has 1 N–H and O–H groups in total. The standard InChI is InChI=1S/C22H30N2O3S/c1-5-9-18(4)23-22(25)16-24(20-14-12-19(13-15-20)17(2)3)28(26,27)21-10-7-6-8-11-21/h6-8,10-15,17-18H,5,9,16H2,1-4H3,(H,23,25)/t18-/m0/s1. The van der Waals surface area contributed by atoms with E-state index in [1.807, 2.05) is 26.0 Å². The monoisotopic (exact) mass is 402 g/mol. The minimum absolute atomic E-state index is 0.00194. The lowest BCUT2D eigenvalue weighted by Crippen LogP contribution is -2.43. The van der Waals surface area contributed by atoms with Crippen LogP contribution in [-0.2, 0) is 14.8 Å². The maximum absolute atomic E-state index is 13.2. The van der Waals surface area contributed by atoms with Crippen LogP contribution in [0.3, 0.4) is 0 Å². The summed E-state index contributed by atoms with van der Waals surface area (Å²) in [6.45, 7) is 7.87. The van der Waals surface area contributed by atoms with Crippen LogP contribution in [0.2, 0.25) is 0 Å². The molecule has 2 aromatic carbocycles. The van der Waals surface area contributed by atoms with Gasteiger partial charge in [-0.1, -0.05) is 57.5 Å². The van der Waals surface area contributed by atoms with E-state index in [4.69, 9.17) is 0 Å². The Kier molecular flexibility index (Phi) is 7.63. The second-order valence-corrected chi connectivity index (χ2v) is 9.19. The Hall–Kier alpha value is -2.34. The van der Waals surface area contributed by atoms with Crippen LogP contribution in [-0.4, -0.2) is 26.9 Å². The summed E-state index contributed by atoms with van der Waals surface area (Å²) >= 11 is 0. The highest BCUT2D eigenvalue weighted by Gasteiger charge is 2.27. The van der Waals surface area contributed by atoms with E-state index in [0.717, 1.165) is 18.4 Å². The normalized spacial score (nSPS) is 12.6. The molecule has 0 spiro atoms. The van der Waals surface area contributed by atoms with Crippen LogP contribution in [0.15, 0.2) is 59.5 Å². The highest BCUT2D eigenvalue weighted by molar-refractivity contribution is 7.92. The van der Waals surface area contributed by atoms with Crippen molar-refractivity contribution in [1.82, 2.24) is 5.32 Å². The van der Waals surface area contributed by atoms with Crippen molar-refractivity contribution in [3.8, 4) is 0 Å². The Morgan fingerprint density at radius 3 is 2.14 bits per heavy atom. The van der Waals surface area contributed by atoms with E-state index in [1.165, 1.54) is 4.31 Å². The van der Waals surface area contributed by atoms with Gasteiger partial charge in [-0.05, 0) is 49.1 Å². The van der Waals surface area contributed by atoms with Gasteiger partial charge >= 0.3 is 0 Å². The number of nitrogens with zero attached hydrogens (tertiary/aromatic N) is 1. The fourth-order valence-corrected chi connectivity index (χ4v) is 4.46. The van der Waals surface area contributed by atoms with Crippen LogP contribution < -0.4 is 9.62 Å². The van der Waals surface area contributed by atoms with Crippen LogP contribution in [0.5, 0.6) is 0 Å². The van der Waals surface area contributed by atoms with Crippen molar-refractivity contribution in [1.29, 1.82) is 0 Å². The molecule has 0 radical (unpaired) electrons. The van der Waals surface area contributed by atoms with Crippen molar-refractivity contribution in [3.63, 3.8) is 0 Å². The first-order valence-corrected chi connectivity index (χ1v) is 11.2. The molecular formula is C22H30N2O3S. The molecule has 6 heteroatoms. The third-order valence-electron chi connectivity index (χ3n) is 4.60. The minimum atomic E-state index is -3.86. The van der Waals surface area contributed by atoms with E-state index in [-0.39, 0.29) is 23.4 Å². The second-order valence-electron chi connectivity index (χ2n) is 7.33. The Labute approximate surface area is 168 Å². The lowest BCUT2D eigenvalue weighted by molar-refractivity contribution is -0.120. The number of benzene rings is 2. The molecule has 0 heterocycles. The van der Waals surface area contributed by atoms with E-state index in [1.54, 1.807) is 42.5 Å². The minimum Gasteiger partial charge on any atom is -0.352 e. The third-order valence-corrected chi connectivity index (χ3v) is 6.38. The maximum Gasteiger partial charge on any atom is 0.264 e. The zero-order chi connectivity index (χ0) is 20.7. The predicted molar refractivity (Wildman–Crippen MR) is 114 cm³/mol. The van der Waals surface area contributed by atoms with Crippen LogP contribution in [0, 0.1) is 0 Å². The molecule has 1 amide bonds. The predicted octanol–water partition coefficient (Wildman–Crippen LogP) is 4.31. The zero-order valence-corrected chi connectivity index (χ0v) is 17.9. The first kappa shape index (κ1) is 22.0. The first-order valence-electron chi connectivity index (χ1n) is 9.72. The van der Waals surface area contributed by atoms with Crippen molar-refractivity contribution in [2.45, 2.75) is 57.4 Å². The SMILES string of the molecule is CCC[C@H](C)NC(=O)CN(c1ccc(C(C)C)cc1)S(=O)(=O)c1ccccc1. The van der Waals surface area contributed by atoms with Gasteiger partial charge < -0.3 is 5.32 Å². The molecular weight excluding hydrogens is 372 g/mol. The van der Waals surface area contributed by atoms with Crippen LogP contribution in [0.4, 0.5) is 5.69 Å².